The first-order valence-corrected chi connectivity index (χ1v) is 6.38. The van der Waals surface area contributed by atoms with Gasteiger partial charge in [0, 0.05) is 43.8 Å². The van der Waals surface area contributed by atoms with Crippen molar-refractivity contribution in [3.8, 4) is 11.1 Å². The van der Waals surface area contributed by atoms with Gasteiger partial charge in [0.05, 0.1) is 0 Å². The minimum Gasteiger partial charge on any atom is -0.373 e. The maximum absolute atomic E-state index is 4.04. The van der Waals surface area contributed by atoms with E-state index >= 15 is 0 Å². The molecule has 0 spiro atoms. The molecule has 0 saturated carbocycles. The molecule has 0 amide bonds. The molecule has 2 aromatic rings. The summed E-state index contributed by atoms with van der Waals surface area (Å²) in [4.78, 5) is 12.5. The van der Waals surface area contributed by atoms with Crippen LogP contribution in [0.1, 0.15) is 0 Å². The molecule has 4 heteroatoms. The maximum atomic E-state index is 4.04. The van der Waals surface area contributed by atoms with Gasteiger partial charge in [-0.3, -0.25) is 0 Å². The summed E-state index contributed by atoms with van der Waals surface area (Å²) in [6, 6.07) is 8.50. The lowest BCUT2D eigenvalue weighted by atomic mass is 10.1. The number of hydrogen-bond acceptors (Lipinski definition) is 4. The number of rotatable bonds is 5. The standard InChI is InChI=1S/C15H20N4/c1-18(2)8-9-19(3)15-6-4-13(5-7-15)14-10-16-12-17-11-14/h4-7,10-12H,8-9H2,1-3H3. The van der Waals surface area contributed by atoms with Crippen LogP contribution in [0.4, 0.5) is 5.69 Å². The molecule has 1 aromatic carbocycles. The summed E-state index contributed by atoms with van der Waals surface area (Å²) in [5.41, 5.74) is 3.41. The number of nitrogens with zero attached hydrogens (tertiary/aromatic N) is 4. The second kappa shape index (κ2) is 6.29. The van der Waals surface area contributed by atoms with Crippen molar-refractivity contribution in [1.29, 1.82) is 0 Å². The van der Waals surface area contributed by atoms with Gasteiger partial charge in [-0.2, -0.15) is 0 Å². The quantitative estimate of drug-likeness (QED) is 0.820. The fourth-order valence-corrected chi connectivity index (χ4v) is 1.84. The fourth-order valence-electron chi connectivity index (χ4n) is 1.84. The third-order valence-electron chi connectivity index (χ3n) is 3.08. The van der Waals surface area contributed by atoms with Crippen molar-refractivity contribution >= 4 is 5.69 Å². The average Bonchev–Trinajstić information content (AvgIpc) is 2.46. The molecule has 0 bridgehead atoms. The van der Waals surface area contributed by atoms with Crippen LogP contribution >= 0.6 is 0 Å². The molecule has 0 aliphatic heterocycles. The predicted molar refractivity (Wildman–Crippen MR) is 79.3 cm³/mol. The zero-order valence-electron chi connectivity index (χ0n) is 11.7. The number of aromatic nitrogens is 2. The minimum absolute atomic E-state index is 1.01. The number of hydrogen-bond donors (Lipinski definition) is 0. The highest BCUT2D eigenvalue weighted by Crippen LogP contribution is 2.21. The van der Waals surface area contributed by atoms with Crippen LogP contribution in [0.3, 0.4) is 0 Å². The van der Waals surface area contributed by atoms with Gasteiger partial charge in [0.1, 0.15) is 6.33 Å². The second-order valence-electron chi connectivity index (χ2n) is 4.90. The summed E-state index contributed by atoms with van der Waals surface area (Å²) in [6.07, 6.45) is 5.21. The van der Waals surface area contributed by atoms with Gasteiger partial charge >= 0.3 is 0 Å². The van der Waals surface area contributed by atoms with Gasteiger partial charge in [-0.1, -0.05) is 12.1 Å². The van der Waals surface area contributed by atoms with Crippen molar-refractivity contribution < 1.29 is 0 Å². The van der Waals surface area contributed by atoms with Gasteiger partial charge in [-0.05, 0) is 31.8 Å². The maximum Gasteiger partial charge on any atom is 0.115 e. The minimum atomic E-state index is 1.01. The van der Waals surface area contributed by atoms with Gasteiger partial charge in [0.25, 0.3) is 0 Å². The lowest BCUT2D eigenvalue weighted by Crippen LogP contribution is -2.28. The fraction of sp³-hybridized carbons (Fsp3) is 0.333. The van der Waals surface area contributed by atoms with Crippen LogP contribution < -0.4 is 4.90 Å². The normalized spacial score (nSPS) is 10.7. The lowest BCUT2D eigenvalue weighted by Gasteiger charge is -2.21. The van der Waals surface area contributed by atoms with Crippen molar-refractivity contribution in [3.05, 3.63) is 43.0 Å². The van der Waals surface area contributed by atoms with E-state index in [0.717, 1.165) is 24.2 Å². The SMILES string of the molecule is CN(C)CCN(C)c1ccc(-c2cncnc2)cc1. The van der Waals surface area contributed by atoms with Crippen LogP contribution in [0, 0.1) is 0 Å². The lowest BCUT2D eigenvalue weighted by molar-refractivity contribution is 0.416. The van der Waals surface area contributed by atoms with Gasteiger partial charge < -0.3 is 9.80 Å². The van der Waals surface area contributed by atoms with Crippen molar-refractivity contribution in [2.75, 3.05) is 39.1 Å². The zero-order valence-corrected chi connectivity index (χ0v) is 11.7. The molecule has 1 aromatic heterocycles. The molecule has 19 heavy (non-hydrogen) atoms. The molecule has 0 unspecified atom stereocenters. The Morgan fingerprint density at radius 3 is 2.05 bits per heavy atom. The molecule has 4 nitrogen and oxygen atoms in total. The Morgan fingerprint density at radius 2 is 1.47 bits per heavy atom. The number of likely N-dealkylation sites (N-methyl/N-ethyl adjacent to an activating group) is 2. The van der Waals surface area contributed by atoms with E-state index in [2.05, 4.69) is 65.2 Å². The molecule has 0 radical (unpaired) electrons. The van der Waals surface area contributed by atoms with E-state index in [4.69, 9.17) is 0 Å². The molecule has 0 aliphatic rings. The molecule has 0 aliphatic carbocycles. The highest BCUT2D eigenvalue weighted by atomic mass is 15.1. The number of anilines is 1. The van der Waals surface area contributed by atoms with E-state index in [1.165, 1.54) is 5.69 Å². The molecule has 0 atom stereocenters. The van der Waals surface area contributed by atoms with E-state index in [0.29, 0.717) is 0 Å². The van der Waals surface area contributed by atoms with E-state index in [1.807, 2.05) is 12.4 Å². The van der Waals surface area contributed by atoms with Gasteiger partial charge in [-0.15, -0.1) is 0 Å². The van der Waals surface area contributed by atoms with Crippen LogP contribution in [0.2, 0.25) is 0 Å². The Kier molecular flexibility index (Phi) is 4.47. The molecule has 1 heterocycles. The molecular formula is C15H20N4. The first kappa shape index (κ1) is 13.5. The van der Waals surface area contributed by atoms with Crippen LogP contribution in [0.15, 0.2) is 43.0 Å². The molecule has 0 saturated heterocycles. The van der Waals surface area contributed by atoms with Crippen LogP contribution in [-0.2, 0) is 0 Å². The molecule has 0 fully saturated rings. The van der Waals surface area contributed by atoms with Crippen molar-refractivity contribution in [1.82, 2.24) is 14.9 Å². The Balaban J connectivity index is 2.06. The van der Waals surface area contributed by atoms with Crippen LogP contribution in [0.5, 0.6) is 0 Å². The van der Waals surface area contributed by atoms with Crippen molar-refractivity contribution in [2.24, 2.45) is 0 Å². The summed E-state index contributed by atoms with van der Waals surface area (Å²) in [5.74, 6) is 0. The summed E-state index contributed by atoms with van der Waals surface area (Å²) < 4.78 is 0. The van der Waals surface area contributed by atoms with Crippen molar-refractivity contribution in [2.45, 2.75) is 0 Å². The second-order valence-corrected chi connectivity index (χ2v) is 4.90. The van der Waals surface area contributed by atoms with E-state index in [1.54, 1.807) is 6.33 Å². The average molecular weight is 256 g/mol. The molecule has 100 valence electrons. The van der Waals surface area contributed by atoms with E-state index in [-0.39, 0.29) is 0 Å². The Morgan fingerprint density at radius 1 is 0.842 bits per heavy atom. The highest BCUT2D eigenvalue weighted by molar-refractivity contribution is 5.64. The van der Waals surface area contributed by atoms with E-state index in [9.17, 15) is 0 Å². The largest absolute Gasteiger partial charge is 0.373 e. The van der Waals surface area contributed by atoms with Gasteiger partial charge in [0.2, 0.25) is 0 Å². The Bertz CT molecular complexity index is 493. The third-order valence-corrected chi connectivity index (χ3v) is 3.08. The van der Waals surface area contributed by atoms with Crippen LogP contribution in [-0.4, -0.2) is 49.1 Å². The first-order chi connectivity index (χ1) is 9.16. The third kappa shape index (κ3) is 3.76. The van der Waals surface area contributed by atoms with Gasteiger partial charge in [0.15, 0.2) is 0 Å². The van der Waals surface area contributed by atoms with Gasteiger partial charge in [-0.25, -0.2) is 9.97 Å². The van der Waals surface area contributed by atoms with Crippen molar-refractivity contribution in [3.63, 3.8) is 0 Å². The molecular weight excluding hydrogens is 236 g/mol. The Labute approximate surface area is 114 Å². The summed E-state index contributed by atoms with van der Waals surface area (Å²) in [5, 5.41) is 0. The summed E-state index contributed by atoms with van der Waals surface area (Å²) in [7, 11) is 6.29. The zero-order chi connectivity index (χ0) is 13.7. The summed E-state index contributed by atoms with van der Waals surface area (Å²) >= 11 is 0. The molecule has 2 rings (SSSR count). The summed E-state index contributed by atoms with van der Waals surface area (Å²) in [6.45, 7) is 2.06. The Hall–Kier alpha value is -1.94. The predicted octanol–water partition coefficient (Wildman–Crippen LogP) is 2.14. The highest BCUT2D eigenvalue weighted by Gasteiger charge is 2.03. The van der Waals surface area contributed by atoms with Crippen LogP contribution in [0.25, 0.3) is 11.1 Å². The monoisotopic (exact) mass is 256 g/mol. The first-order valence-electron chi connectivity index (χ1n) is 6.38. The smallest absolute Gasteiger partial charge is 0.115 e. The van der Waals surface area contributed by atoms with E-state index < -0.39 is 0 Å². The topological polar surface area (TPSA) is 32.3 Å². The number of benzene rings is 1. The molecule has 0 N–H and O–H groups in total.